The summed E-state index contributed by atoms with van der Waals surface area (Å²) in [7, 11) is 0. The van der Waals surface area contributed by atoms with Crippen molar-refractivity contribution in [2.75, 3.05) is 4.90 Å². The standard InChI is InChI=1S/C56H35NOS/c1-2-11-42-35-43(24-23-36(42)9-1)39-21-19-37(20-22-39)38-25-30-44(31-26-38)57(50-15-8-16-51-55(50)49-34-29-40-10-3-4-12-47(40)56(49)58-51)45-32-27-41(28-33-45)46-14-7-18-53-54(46)48-13-5-6-17-52(48)59-53/h1-35H. The van der Waals surface area contributed by atoms with Gasteiger partial charge in [-0.25, -0.2) is 0 Å². The number of anilines is 3. The maximum Gasteiger partial charge on any atom is 0.143 e. The molecule has 59 heavy (non-hydrogen) atoms. The lowest BCUT2D eigenvalue weighted by atomic mass is 9.98. The lowest BCUT2D eigenvalue weighted by Gasteiger charge is -2.26. The third-order valence-corrected chi connectivity index (χ3v) is 13.0. The van der Waals surface area contributed by atoms with Crippen molar-refractivity contribution in [3.05, 3.63) is 212 Å². The Labute approximate surface area is 345 Å². The van der Waals surface area contributed by atoms with E-state index in [9.17, 15) is 0 Å². The minimum absolute atomic E-state index is 0.870. The summed E-state index contributed by atoms with van der Waals surface area (Å²) in [5.74, 6) is 0. The van der Waals surface area contributed by atoms with Crippen molar-refractivity contribution in [1.82, 2.24) is 0 Å². The van der Waals surface area contributed by atoms with Gasteiger partial charge in [-0.2, -0.15) is 0 Å². The van der Waals surface area contributed by atoms with Crippen molar-refractivity contribution < 1.29 is 4.42 Å². The Balaban J connectivity index is 0.969. The van der Waals surface area contributed by atoms with E-state index in [0.29, 0.717) is 0 Å². The molecule has 0 fully saturated rings. The van der Waals surface area contributed by atoms with E-state index in [4.69, 9.17) is 4.42 Å². The molecule has 0 saturated carbocycles. The fourth-order valence-corrected chi connectivity index (χ4v) is 10.1. The molecule has 276 valence electrons. The van der Waals surface area contributed by atoms with E-state index in [1.807, 2.05) is 11.3 Å². The number of benzene rings is 10. The molecule has 10 aromatic carbocycles. The molecule has 0 saturated heterocycles. The Hall–Kier alpha value is -7.46. The lowest BCUT2D eigenvalue weighted by molar-refractivity contribution is 0.672. The molecule has 0 bridgehead atoms. The van der Waals surface area contributed by atoms with E-state index < -0.39 is 0 Å². The molecule has 0 unspecified atom stereocenters. The molecule has 0 amide bonds. The molecule has 0 atom stereocenters. The fourth-order valence-electron chi connectivity index (χ4n) is 8.98. The van der Waals surface area contributed by atoms with E-state index in [-0.39, 0.29) is 0 Å². The molecule has 0 radical (unpaired) electrons. The van der Waals surface area contributed by atoms with E-state index in [2.05, 4.69) is 217 Å². The zero-order valence-corrected chi connectivity index (χ0v) is 32.8. The predicted molar refractivity (Wildman–Crippen MR) is 253 cm³/mol. The minimum atomic E-state index is 0.870. The van der Waals surface area contributed by atoms with Crippen LogP contribution in [0.15, 0.2) is 217 Å². The zero-order chi connectivity index (χ0) is 38.9. The molecule has 0 N–H and O–H groups in total. The van der Waals surface area contributed by atoms with Gasteiger partial charge >= 0.3 is 0 Å². The summed E-state index contributed by atoms with van der Waals surface area (Å²) in [6, 6.07) is 76.9. The van der Waals surface area contributed by atoms with Gasteiger partial charge in [-0.3, -0.25) is 0 Å². The van der Waals surface area contributed by atoms with E-state index >= 15 is 0 Å². The van der Waals surface area contributed by atoms with Crippen LogP contribution in [0.5, 0.6) is 0 Å². The van der Waals surface area contributed by atoms with Gasteiger partial charge in [-0.15, -0.1) is 11.3 Å². The Morgan fingerprint density at radius 1 is 0.356 bits per heavy atom. The smallest absolute Gasteiger partial charge is 0.143 e. The number of nitrogens with zero attached hydrogens (tertiary/aromatic N) is 1. The van der Waals surface area contributed by atoms with Crippen molar-refractivity contribution in [2.24, 2.45) is 0 Å². The first-order valence-corrected chi connectivity index (χ1v) is 20.9. The first kappa shape index (κ1) is 33.7. The SMILES string of the molecule is c1ccc2cc(-c3ccc(-c4ccc(N(c5ccc(-c6cccc7sc8ccccc8c67)cc5)c5cccc6oc7c8ccccc8ccc7c56)cc4)cc3)ccc2c1. The molecule has 3 heteroatoms. The molecule has 0 aliphatic heterocycles. The summed E-state index contributed by atoms with van der Waals surface area (Å²) in [6.07, 6.45) is 0. The van der Waals surface area contributed by atoms with Gasteiger partial charge in [0, 0.05) is 42.3 Å². The highest BCUT2D eigenvalue weighted by atomic mass is 32.1. The molecule has 12 aromatic rings. The van der Waals surface area contributed by atoms with Crippen molar-refractivity contribution >= 4 is 92.1 Å². The van der Waals surface area contributed by atoms with Crippen molar-refractivity contribution in [1.29, 1.82) is 0 Å². The maximum absolute atomic E-state index is 6.69. The maximum atomic E-state index is 6.69. The highest BCUT2D eigenvalue weighted by Gasteiger charge is 2.21. The number of fused-ring (bicyclic) bond motifs is 9. The Kier molecular flexibility index (Phi) is 7.75. The van der Waals surface area contributed by atoms with Crippen LogP contribution >= 0.6 is 11.3 Å². The van der Waals surface area contributed by atoms with E-state index in [0.717, 1.165) is 44.4 Å². The average Bonchev–Trinajstić information content (AvgIpc) is 3.89. The minimum Gasteiger partial charge on any atom is -0.455 e. The largest absolute Gasteiger partial charge is 0.455 e. The fraction of sp³-hybridized carbons (Fsp3) is 0. The van der Waals surface area contributed by atoms with Crippen LogP contribution in [0.1, 0.15) is 0 Å². The average molecular weight is 770 g/mol. The Bertz CT molecular complexity index is 3540. The molecular formula is C56H35NOS. The van der Waals surface area contributed by atoms with Crippen LogP contribution in [0.2, 0.25) is 0 Å². The highest BCUT2D eigenvalue weighted by Crippen LogP contribution is 2.46. The number of thiophene rings is 1. The molecule has 2 aromatic heterocycles. The van der Waals surface area contributed by atoms with Crippen molar-refractivity contribution in [3.8, 4) is 33.4 Å². The van der Waals surface area contributed by atoms with Crippen LogP contribution in [-0.4, -0.2) is 0 Å². The molecule has 12 rings (SSSR count). The number of hydrogen-bond donors (Lipinski definition) is 0. The summed E-state index contributed by atoms with van der Waals surface area (Å²) < 4.78 is 9.31. The van der Waals surface area contributed by atoms with E-state index in [1.54, 1.807) is 0 Å². The van der Waals surface area contributed by atoms with Crippen molar-refractivity contribution in [2.45, 2.75) is 0 Å². The van der Waals surface area contributed by atoms with Crippen LogP contribution in [-0.2, 0) is 0 Å². The van der Waals surface area contributed by atoms with Gasteiger partial charge < -0.3 is 9.32 Å². The molecule has 2 nitrogen and oxygen atoms in total. The lowest BCUT2D eigenvalue weighted by Crippen LogP contribution is -2.10. The van der Waals surface area contributed by atoms with Gasteiger partial charge in [0.1, 0.15) is 11.2 Å². The number of hydrogen-bond acceptors (Lipinski definition) is 3. The van der Waals surface area contributed by atoms with Crippen LogP contribution in [0.25, 0.3) is 97.0 Å². The van der Waals surface area contributed by atoms with Gasteiger partial charge in [-0.05, 0) is 110 Å². The summed E-state index contributed by atoms with van der Waals surface area (Å²) in [5.41, 5.74) is 12.2. The highest BCUT2D eigenvalue weighted by molar-refractivity contribution is 7.25. The molecular weight excluding hydrogens is 735 g/mol. The monoisotopic (exact) mass is 769 g/mol. The second-order valence-corrected chi connectivity index (χ2v) is 16.3. The first-order chi connectivity index (χ1) is 29.2. The van der Waals surface area contributed by atoms with Crippen LogP contribution < -0.4 is 4.90 Å². The molecule has 2 heterocycles. The van der Waals surface area contributed by atoms with Gasteiger partial charge in [-0.1, -0.05) is 152 Å². The first-order valence-electron chi connectivity index (χ1n) is 20.1. The van der Waals surface area contributed by atoms with Crippen molar-refractivity contribution in [3.63, 3.8) is 0 Å². The summed E-state index contributed by atoms with van der Waals surface area (Å²) in [6.45, 7) is 0. The Morgan fingerprint density at radius 3 is 1.71 bits per heavy atom. The van der Waals surface area contributed by atoms with Gasteiger partial charge in [0.05, 0.1) is 11.1 Å². The van der Waals surface area contributed by atoms with Crippen LogP contribution in [0, 0.1) is 0 Å². The summed E-state index contributed by atoms with van der Waals surface area (Å²) in [5, 5.41) is 9.63. The normalized spacial score (nSPS) is 11.7. The topological polar surface area (TPSA) is 16.4 Å². The van der Waals surface area contributed by atoms with Gasteiger partial charge in [0.2, 0.25) is 0 Å². The molecule has 0 aliphatic carbocycles. The zero-order valence-electron chi connectivity index (χ0n) is 32.0. The number of furan rings is 1. The van der Waals surface area contributed by atoms with Crippen LogP contribution in [0.4, 0.5) is 17.1 Å². The number of rotatable bonds is 6. The third kappa shape index (κ3) is 5.62. The molecule has 0 aliphatic rings. The predicted octanol–water partition coefficient (Wildman–Crippen LogP) is 16.7. The Morgan fingerprint density at radius 2 is 0.932 bits per heavy atom. The second kappa shape index (κ2) is 13.6. The molecule has 0 spiro atoms. The third-order valence-electron chi connectivity index (χ3n) is 11.9. The quantitative estimate of drug-likeness (QED) is 0.167. The van der Waals surface area contributed by atoms with E-state index in [1.165, 1.54) is 69.7 Å². The van der Waals surface area contributed by atoms with Gasteiger partial charge in [0.15, 0.2) is 0 Å². The van der Waals surface area contributed by atoms with Gasteiger partial charge in [0.25, 0.3) is 0 Å². The summed E-state index contributed by atoms with van der Waals surface area (Å²) >= 11 is 1.86. The van der Waals surface area contributed by atoms with Crippen LogP contribution in [0.3, 0.4) is 0 Å². The second-order valence-electron chi connectivity index (χ2n) is 15.3. The summed E-state index contributed by atoms with van der Waals surface area (Å²) in [4.78, 5) is 2.38.